The zero-order chi connectivity index (χ0) is 43.1. The SMILES string of the molecule is C=c1/c(=C2\C(=O)C(c3ccc4cccc5c4c3NB(c3ccc(OCCCS(=O)(=O)O)cc3)N5)=C2O)ccc2cccc(NB(C)c3ccc(OCCCS(=O)(=O)O)cc3)c12. The highest BCUT2D eigenvalue weighted by molar-refractivity contribution is 7.86. The number of aliphatic hydroxyl groups is 1. The standard InChI is InChI=1S/C44H41B2N3O10S2/c1-27-34(21-11-28-7-3-9-36(38(27)28)47-45(2)30-13-17-32(18-14-30)58-23-5-25-60(52,53)54)40-43(50)41(44(40)51)35-22-12-29-8-4-10-37-39(29)42(35)49-46(48-37)31-15-19-33(20-16-31)59-24-6-26-61(55,56)57/h3-4,7-22,47-50H,1,5-6,23-26H2,2H3,(H,52,53,54)(H,55,56,57)/b40-34-. The van der Waals surface area contributed by atoms with Gasteiger partial charge in [0.2, 0.25) is 5.78 Å². The van der Waals surface area contributed by atoms with Crippen molar-refractivity contribution < 1.29 is 45.3 Å². The number of allylic oxidation sites excluding steroid dienone is 2. The largest absolute Gasteiger partial charge is 0.506 e. The van der Waals surface area contributed by atoms with Gasteiger partial charge in [0, 0.05) is 33.4 Å². The lowest BCUT2D eigenvalue weighted by Gasteiger charge is -2.31. The molecule has 0 atom stereocenters. The highest BCUT2D eigenvalue weighted by Crippen LogP contribution is 2.45. The third-order valence-corrected chi connectivity index (χ3v) is 12.5. The van der Waals surface area contributed by atoms with Crippen molar-refractivity contribution in [2.24, 2.45) is 0 Å². The van der Waals surface area contributed by atoms with Gasteiger partial charge in [-0.05, 0) is 75.9 Å². The highest BCUT2D eigenvalue weighted by atomic mass is 32.2. The second kappa shape index (κ2) is 16.7. The van der Waals surface area contributed by atoms with Gasteiger partial charge in [-0.2, -0.15) is 16.8 Å². The third kappa shape index (κ3) is 8.82. The molecule has 17 heteroatoms. The van der Waals surface area contributed by atoms with Crippen molar-refractivity contribution in [1.82, 2.24) is 0 Å². The summed E-state index contributed by atoms with van der Waals surface area (Å²) in [5.74, 6) is -0.0619. The van der Waals surface area contributed by atoms with Gasteiger partial charge in [-0.15, -0.1) is 0 Å². The van der Waals surface area contributed by atoms with Gasteiger partial charge in [-0.25, -0.2) is 0 Å². The van der Waals surface area contributed by atoms with Crippen LogP contribution in [0.2, 0.25) is 6.82 Å². The Bertz CT molecular complexity index is 3090. The summed E-state index contributed by atoms with van der Waals surface area (Å²) in [4.78, 5) is 14.3. The Labute approximate surface area is 353 Å². The number of carbonyl (C=O) groups is 1. The summed E-state index contributed by atoms with van der Waals surface area (Å²) in [5.41, 5.74) is 5.12. The van der Waals surface area contributed by atoms with Gasteiger partial charge in [-0.3, -0.25) is 13.9 Å². The Morgan fingerprint density at radius 3 is 1.93 bits per heavy atom. The Morgan fingerprint density at radius 2 is 1.31 bits per heavy atom. The number of anilines is 3. The Balaban J connectivity index is 1.06. The van der Waals surface area contributed by atoms with Crippen LogP contribution in [0.4, 0.5) is 17.1 Å². The van der Waals surface area contributed by atoms with Crippen LogP contribution in [0, 0.1) is 0 Å². The highest BCUT2D eigenvalue weighted by Gasteiger charge is 2.38. The minimum Gasteiger partial charge on any atom is -0.506 e. The zero-order valence-electron chi connectivity index (χ0n) is 33.0. The predicted molar refractivity (Wildman–Crippen MR) is 244 cm³/mol. The van der Waals surface area contributed by atoms with E-state index in [-0.39, 0.29) is 67.1 Å². The number of ketones is 1. The second-order valence-corrected chi connectivity index (χ2v) is 18.2. The van der Waals surface area contributed by atoms with Gasteiger partial charge in [0.1, 0.15) is 17.3 Å². The second-order valence-electron chi connectivity index (χ2n) is 15.0. The summed E-state index contributed by atoms with van der Waals surface area (Å²) in [7, 11) is -8.10. The van der Waals surface area contributed by atoms with Crippen LogP contribution < -0.4 is 46.5 Å². The van der Waals surface area contributed by atoms with E-state index >= 15 is 0 Å². The van der Waals surface area contributed by atoms with E-state index in [4.69, 9.17) is 18.6 Å². The minimum absolute atomic E-state index is 0.117. The van der Waals surface area contributed by atoms with Crippen LogP contribution >= 0.6 is 0 Å². The number of Topliss-reactive ketones (excluding diaryl/α,β-unsaturated/α-hetero) is 1. The molecule has 1 aliphatic heterocycles. The Morgan fingerprint density at radius 1 is 0.721 bits per heavy atom. The molecule has 0 amide bonds. The lowest BCUT2D eigenvalue weighted by Crippen LogP contribution is -2.48. The average molecular weight is 858 g/mol. The fourth-order valence-corrected chi connectivity index (χ4v) is 8.83. The molecule has 2 aliphatic rings. The van der Waals surface area contributed by atoms with E-state index in [9.17, 15) is 26.7 Å². The smallest absolute Gasteiger partial charge is 0.406 e. The van der Waals surface area contributed by atoms with Crippen molar-refractivity contribution in [2.75, 3.05) is 40.4 Å². The fraction of sp³-hybridized carbons (Fsp3) is 0.159. The van der Waals surface area contributed by atoms with Crippen molar-refractivity contribution in [3.63, 3.8) is 0 Å². The molecule has 0 bridgehead atoms. The first-order chi connectivity index (χ1) is 29.1. The van der Waals surface area contributed by atoms with Crippen molar-refractivity contribution in [2.45, 2.75) is 19.7 Å². The van der Waals surface area contributed by atoms with Crippen LogP contribution in [0.5, 0.6) is 11.5 Å². The molecule has 8 rings (SSSR count). The number of benzene rings is 6. The van der Waals surface area contributed by atoms with E-state index < -0.39 is 27.2 Å². The van der Waals surface area contributed by atoms with Crippen LogP contribution in [0.15, 0.2) is 115 Å². The number of hydrogen-bond donors (Lipinski definition) is 6. The molecule has 0 saturated heterocycles. The van der Waals surface area contributed by atoms with Gasteiger partial charge in [-0.1, -0.05) is 91.7 Å². The number of nitrogens with one attached hydrogen (secondary N) is 3. The van der Waals surface area contributed by atoms with Crippen molar-refractivity contribution in [1.29, 1.82) is 0 Å². The molecule has 1 aliphatic carbocycles. The molecule has 0 spiro atoms. The molecular weight excluding hydrogens is 816 g/mol. The van der Waals surface area contributed by atoms with Gasteiger partial charge in [0.05, 0.1) is 35.9 Å². The first-order valence-corrected chi connectivity index (χ1v) is 22.8. The summed E-state index contributed by atoms with van der Waals surface area (Å²) in [6.45, 7) is 6.13. The topological polar surface area (TPSA) is 201 Å². The van der Waals surface area contributed by atoms with Crippen LogP contribution in [0.3, 0.4) is 0 Å². The molecule has 6 N–H and O–H groups in total. The van der Waals surface area contributed by atoms with Crippen LogP contribution in [-0.2, 0) is 25.0 Å². The molecule has 0 aromatic heterocycles. The van der Waals surface area contributed by atoms with Crippen molar-refractivity contribution in [3.05, 3.63) is 131 Å². The van der Waals surface area contributed by atoms with E-state index in [1.165, 1.54) is 0 Å². The predicted octanol–water partition coefficient (Wildman–Crippen LogP) is 4.59. The fourth-order valence-electron chi connectivity index (χ4n) is 7.86. The summed E-state index contributed by atoms with van der Waals surface area (Å²) >= 11 is 0. The maximum Gasteiger partial charge on any atom is 0.406 e. The molecule has 0 unspecified atom stereocenters. The molecule has 0 fully saturated rings. The van der Waals surface area contributed by atoms with Gasteiger partial charge in [0.25, 0.3) is 27.1 Å². The lowest BCUT2D eigenvalue weighted by molar-refractivity contribution is -0.109. The summed E-state index contributed by atoms with van der Waals surface area (Å²) in [5, 5.41) is 27.1. The van der Waals surface area contributed by atoms with Crippen molar-refractivity contribution >= 4 is 107 Å². The number of ether oxygens (including phenoxy) is 2. The Kier molecular flexibility index (Phi) is 11.3. The van der Waals surface area contributed by atoms with Crippen LogP contribution in [-0.4, -0.2) is 75.4 Å². The summed E-state index contributed by atoms with van der Waals surface area (Å²) < 4.78 is 73.3. The zero-order valence-corrected chi connectivity index (χ0v) is 34.6. The lowest BCUT2D eigenvalue weighted by atomic mass is 9.58. The van der Waals surface area contributed by atoms with Crippen molar-refractivity contribution in [3.8, 4) is 11.5 Å². The first kappa shape index (κ1) is 41.5. The van der Waals surface area contributed by atoms with E-state index in [1.54, 1.807) is 24.3 Å². The molecule has 310 valence electrons. The first-order valence-electron chi connectivity index (χ1n) is 19.6. The maximum absolute atomic E-state index is 14.3. The molecule has 1 heterocycles. The molecule has 6 aromatic rings. The molecule has 61 heavy (non-hydrogen) atoms. The summed E-state index contributed by atoms with van der Waals surface area (Å²) in [6, 6.07) is 34.0. The number of carbonyl (C=O) groups excluding carboxylic acids is 1. The third-order valence-electron chi connectivity index (χ3n) is 10.8. The van der Waals surface area contributed by atoms with E-state index in [2.05, 4.69) is 22.3 Å². The van der Waals surface area contributed by atoms with Crippen LogP contribution in [0.25, 0.3) is 39.3 Å². The normalized spacial score (nSPS) is 14.7. The molecule has 13 nitrogen and oxygen atoms in total. The van der Waals surface area contributed by atoms with E-state index in [0.29, 0.717) is 33.2 Å². The quantitative estimate of drug-likeness (QED) is 0.0477. The number of rotatable bonds is 15. The monoisotopic (exact) mass is 857 g/mol. The number of hydrogen-bond acceptors (Lipinski definition) is 11. The molecule has 6 aromatic carbocycles. The average Bonchev–Trinajstić information content (AvgIpc) is 3.23. The Hall–Kier alpha value is -6.26. The maximum atomic E-state index is 14.3. The van der Waals surface area contributed by atoms with Crippen LogP contribution in [0.1, 0.15) is 18.4 Å². The van der Waals surface area contributed by atoms with Gasteiger partial charge >= 0.3 is 6.98 Å². The summed E-state index contributed by atoms with van der Waals surface area (Å²) in [6.07, 6.45) is 0.313. The number of aliphatic hydroxyl groups excluding tert-OH is 1. The minimum atomic E-state index is -4.06. The molecular formula is C44H41B2N3O10S2. The van der Waals surface area contributed by atoms with E-state index in [0.717, 1.165) is 43.8 Å². The van der Waals surface area contributed by atoms with Gasteiger partial charge < -0.3 is 30.3 Å². The molecule has 0 radical (unpaired) electrons. The number of fused-ring (bicyclic) bond motifs is 1. The van der Waals surface area contributed by atoms with E-state index in [1.807, 2.05) is 91.8 Å². The molecule has 0 saturated carbocycles. The van der Waals surface area contributed by atoms with Gasteiger partial charge in [0.15, 0.2) is 0 Å².